The van der Waals surface area contributed by atoms with Crippen molar-refractivity contribution in [3.05, 3.63) is 0 Å². The van der Waals surface area contributed by atoms with E-state index in [2.05, 4.69) is 16.0 Å². The van der Waals surface area contributed by atoms with Gasteiger partial charge in [0.05, 0.1) is 12.6 Å². The van der Waals surface area contributed by atoms with Crippen LogP contribution in [0.5, 0.6) is 0 Å². The fourth-order valence-corrected chi connectivity index (χ4v) is 3.61. The van der Waals surface area contributed by atoms with Crippen molar-refractivity contribution < 1.29 is 14.4 Å². The average Bonchev–Trinajstić information content (AvgIpc) is 2.66. The highest BCUT2D eigenvalue weighted by Crippen LogP contribution is 2.18. The number of likely N-dealkylation sites (tertiary alicyclic amines) is 1. The van der Waals surface area contributed by atoms with E-state index in [1.54, 1.807) is 0 Å². The van der Waals surface area contributed by atoms with Crippen LogP contribution in [0.25, 0.3) is 0 Å². The number of halogens is 1. The van der Waals surface area contributed by atoms with Crippen molar-refractivity contribution >= 4 is 30.3 Å². The maximum Gasteiger partial charge on any atom is 0.317 e. The highest BCUT2D eigenvalue weighted by atomic mass is 35.5. The summed E-state index contributed by atoms with van der Waals surface area (Å²) in [4.78, 5) is 38.0. The molecular weight excluding hydrogens is 382 g/mol. The van der Waals surface area contributed by atoms with Crippen LogP contribution in [-0.4, -0.2) is 60.5 Å². The van der Waals surface area contributed by atoms with Crippen molar-refractivity contribution in [2.24, 2.45) is 11.7 Å². The zero-order chi connectivity index (χ0) is 19.8. The molecule has 2 fully saturated rings. The van der Waals surface area contributed by atoms with Gasteiger partial charge in [-0.15, -0.1) is 12.4 Å². The molecular formula is C19H36ClN5O3. The summed E-state index contributed by atoms with van der Waals surface area (Å²) in [6.07, 6.45) is 7.25. The molecule has 1 atom stereocenters. The second-order valence-corrected chi connectivity index (χ2v) is 8.10. The van der Waals surface area contributed by atoms with E-state index in [0.29, 0.717) is 19.1 Å². The van der Waals surface area contributed by atoms with E-state index in [9.17, 15) is 14.4 Å². The van der Waals surface area contributed by atoms with Crippen LogP contribution in [0, 0.1) is 5.92 Å². The van der Waals surface area contributed by atoms with Crippen LogP contribution in [0.1, 0.15) is 58.8 Å². The van der Waals surface area contributed by atoms with Crippen LogP contribution in [0.3, 0.4) is 0 Å². The molecule has 2 aliphatic rings. The monoisotopic (exact) mass is 417 g/mol. The van der Waals surface area contributed by atoms with Gasteiger partial charge in [-0.1, -0.05) is 33.1 Å². The minimum absolute atomic E-state index is 0. The van der Waals surface area contributed by atoms with Gasteiger partial charge in [-0.25, -0.2) is 4.79 Å². The maximum absolute atomic E-state index is 12.4. The van der Waals surface area contributed by atoms with Crippen molar-refractivity contribution in [3.63, 3.8) is 0 Å². The molecule has 1 heterocycles. The zero-order valence-electron chi connectivity index (χ0n) is 17.0. The van der Waals surface area contributed by atoms with Crippen LogP contribution in [-0.2, 0) is 9.59 Å². The molecule has 9 heteroatoms. The summed E-state index contributed by atoms with van der Waals surface area (Å²) in [5.74, 6) is -0.504. The second-order valence-electron chi connectivity index (χ2n) is 8.10. The third-order valence-electron chi connectivity index (χ3n) is 5.52. The maximum atomic E-state index is 12.4. The standard InChI is InChI=1S/C19H35N5O3.ClH/c1-13(2)17(20)18(26)21-12-16(25)22-15-8-10-24(11-9-15)19(27)23-14-6-4-3-5-7-14;/h13-15,17H,3-12,20H2,1-2H3,(H,21,26)(H,22,25)(H,23,27);1H/t17-;/m0./s1. The molecule has 4 amide bonds. The number of piperidine rings is 1. The van der Waals surface area contributed by atoms with Gasteiger partial charge in [-0.3, -0.25) is 9.59 Å². The summed E-state index contributed by atoms with van der Waals surface area (Å²) in [5, 5.41) is 8.64. The molecule has 8 nitrogen and oxygen atoms in total. The number of nitrogens with two attached hydrogens (primary N) is 1. The zero-order valence-corrected chi connectivity index (χ0v) is 17.9. The molecule has 0 unspecified atom stereocenters. The lowest BCUT2D eigenvalue weighted by atomic mass is 9.95. The largest absolute Gasteiger partial charge is 0.352 e. The Kier molecular flexibility index (Phi) is 10.6. The van der Waals surface area contributed by atoms with Crippen molar-refractivity contribution in [1.82, 2.24) is 20.9 Å². The number of nitrogens with one attached hydrogen (secondary N) is 3. The van der Waals surface area contributed by atoms with E-state index in [1.165, 1.54) is 19.3 Å². The first-order valence-electron chi connectivity index (χ1n) is 10.2. The number of hydrogen-bond donors (Lipinski definition) is 4. The van der Waals surface area contributed by atoms with Crippen LogP contribution >= 0.6 is 12.4 Å². The summed E-state index contributed by atoms with van der Waals surface area (Å²) in [6.45, 7) is 4.93. The van der Waals surface area contributed by atoms with Crippen LogP contribution in [0.2, 0.25) is 0 Å². The van der Waals surface area contributed by atoms with Gasteiger partial charge in [-0.2, -0.15) is 0 Å². The molecule has 5 N–H and O–H groups in total. The van der Waals surface area contributed by atoms with Crippen LogP contribution < -0.4 is 21.7 Å². The minimum atomic E-state index is -0.608. The molecule has 2 rings (SSSR count). The summed E-state index contributed by atoms with van der Waals surface area (Å²) < 4.78 is 0. The number of rotatable bonds is 6. The number of hydrogen-bond acceptors (Lipinski definition) is 4. The van der Waals surface area contributed by atoms with E-state index < -0.39 is 6.04 Å². The summed E-state index contributed by atoms with van der Waals surface area (Å²) >= 11 is 0. The van der Waals surface area contributed by atoms with E-state index in [-0.39, 0.29) is 48.8 Å². The molecule has 0 radical (unpaired) electrons. The molecule has 0 aromatic rings. The lowest BCUT2D eigenvalue weighted by Crippen LogP contribution is -2.53. The van der Waals surface area contributed by atoms with Crippen molar-refractivity contribution in [2.75, 3.05) is 19.6 Å². The number of amides is 4. The first kappa shape index (κ1) is 24.5. The first-order chi connectivity index (χ1) is 12.9. The highest BCUT2D eigenvalue weighted by molar-refractivity contribution is 5.87. The quantitative estimate of drug-likeness (QED) is 0.518. The topological polar surface area (TPSA) is 117 Å². The lowest BCUT2D eigenvalue weighted by Gasteiger charge is -2.34. The Bertz CT molecular complexity index is 518. The highest BCUT2D eigenvalue weighted by Gasteiger charge is 2.26. The van der Waals surface area contributed by atoms with Gasteiger partial charge >= 0.3 is 6.03 Å². The molecule has 1 aliphatic heterocycles. The number of carbonyl (C=O) groups is 3. The third-order valence-corrected chi connectivity index (χ3v) is 5.52. The Balaban J connectivity index is 0.00000392. The molecule has 0 spiro atoms. The third kappa shape index (κ3) is 7.83. The molecule has 162 valence electrons. The molecule has 28 heavy (non-hydrogen) atoms. The number of urea groups is 1. The van der Waals surface area contributed by atoms with Crippen molar-refractivity contribution in [2.45, 2.75) is 76.9 Å². The SMILES string of the molecule is CC(C)[C@H](N)C(=O)NCC(=O)NC1CCN(C(=O)NC2CCCCC2)CC1.Cl. The Hall–Kier alpha value is -1.54. The summed E-state index contributed by atoms with van der Waals surface area (Å²) in [5.41, 5.74) is 5.75. The summed E-state index contributed by atoms with van der Waals surface area (Å²) in [6, 6.07) is -0.248. The Morgan fingerprint density at radius 1 is 0.964 bits per heavy atom. The Morgan fingerprint density at radius 3 is 2.11 bits per heavy atom. The van der Waals surface area contributed by atoms with Gasteiger partial charge in [0, 0.05) is 25.2 Å². The van der Waals surface area contributed by atoms with Gasteiger partial charge in [0.1, 0.15) is 0 Å². The lowest BCUT2D eigenvalue weighted by molar-refractivity contribution is -0.127. The molecule has 1 saturated carbocycles. The number of nitrogens with zero attached hydrogens (tertiary/aromatic N) is 1. The second kappa shape index (κ2) is 12.1. The molecule has 1 saturated heterocycles. The fourth-order valence-electron chi connectivity index (χ4n) is 3.61. The molecule has 0 aromatic heterocycles. The molecule has 1 aliphatic carbocycles. The predicted molar refractivity (Wildman–Crippen MR) is 111 cm³/mol. The Morgan fingerprint density at radius 2 is 1.54 bits per heavy atom. The smallest absolute Gasteiger partial charge is 0.317 e. The van der Waals surface area contributed by atoms with Crippen LogP contribution in [0.15, 0.2) is 0 Å². The summed E-state index contributed by atoms with van der Waals surface area (Å²) in [7, 11) is 0. The van der Waals surface area contributed by atoms with E-state index >= 15 is 0 Å². The normalized spacial score (nSPS) is 19.5. The predicted octanol–water partition coefficient (Wildman–Crippen LogP) is 1.13. The van der Waals surface area contributed by atoms with E-state index in [0.717, 1.165) is 25.7 Å². The van der Waals surface area contributed by atoms with E-state index in [1.807, 2.05) is 18.7 Å². The van der Waals surface area contributed by atoms with Gasteiger partial charge < -0.3 is 26.6 Å². The van der Waals surface area contributed by atoms with Gasteiger partial charge in [0.2, 0.25) is 11.8 Å². The van der Waals surface area contributed by atoms with Crippen molar-refractivity contribution in [3.8, 4) is 0 Å². The number of carbonyl (C=O) groups excluding carboxylic acids is 3. The Labute approximate surface area is 174 Å². The van der Waals surface area contributed by atoms with Gasteiger partial charge in [-0.05, 0) is 31.6 Å². The first-order valence-corrected chi connectivity index (χ1v) is 10.2. The minimum Gasteiger partial charge on any atom is -0.352 e. The van der Waals surface area contributed by atoms with Gasteiger partial charge in [0.15, 0.2) is 0 Å². The average molecular weight is 418 g/mol. The molecule has 0 aromatic carbocycles. The molecule has 0 bridgehead atoms. The van der Waals surface area contributed by atoms with E-state index in [4.69, 9.17) is 5.73 Å². The fraction of sp³-hybridized carbons (Fsp3) is 0.842. The van der Waals surface area contributed by atoms with Crippen molar-refractivity contribution in [1.29, 1.82) is 0 Å². The van der Waals surface area contributed by atoms with Gasteiger partial charge in [0.25, 0.3) is 0 Å². The van der Waals surface area contributed by atoms with Crippen LogP contribution in [0.4, 0.5) is 4.79 Å².